The van der Waals surface area contributed by atoms with Crippen LogP contribution in [0.1, 0.15) is 69.9 Å². The number of nitrogens with zero attached hydrogens (tertiary/aromatic N) is 2. The first-order chi connectivity index (χ1) is 9.60. The molecule has 20 heavy (non-hydrogen) atoms. The molecule has 1 heterocycles. The maximum Gasteiger partial charge on any atom is 0.185 e. The van der Waals surface area contributed by atoms with Crippen molar-refractivity contribution < 1.29 is 0 Å². The molecule has 4 heteroatoms. The highest BCUT2D eigenvalue weighted by Crippen LogP contribution is 2.30. The minimum Gasteiger partial charge on any atom is -0.351 e. The van der Waals surface area contributed by atoms with Gasteiger partial charge in [-0.2, -0.15) is 0 Å². The molecule has 0 aliphatic rings. The fraction of sp³-hybridized carbons (Fsp3) is 0.812. The third-order valence-electron chi connectivity index (χ3n) is 3.40. The molecule has 1 aromatic rings. The van der Waals surface area contributed by atoms with Crippen LogP contribution in [0.5, 0.6) is 0 Å². The summed E-state index contributed by atoms with van der Waals surface area (Å²) >= 11 is 1.86. The molecule has 0 saturated carbocycles. The number of thiazole rings is 1. The summed E-state index contributed by atoms with van der Waals surface area (Å²) in [5.41, 5.74) is 1.27. The first-order valence-corrected chi connectivity index (χ1v) is 8.83. The van der Waals surface area contributed by atoms with Gasteiger partial charge in [-0.3, -0.25) is 0 Å². The average Bonchev–Trinajstić information content (AvgIpc) is 2.84. The largest absolute Gasteiger partial charge is 0.351 e. The zero-order chi connectivity index (χ0) is 15.0. The lowest BCUT2D eigenvalue weighted by Crippen LogP contribution is -2.18. The second-order valence-electron chi connectivity index (χ2n) is 5.76. The Labute approximate surface area is 128 Å². The standard InChI is InChI=1S/C16H31N3S/c1-6-8-9-11-19(5)16-18-15(13(3)4)14(20-16)12-17-10-7-2/h13,17H,6-12H2,1-5H3. The van der Waals surface area contributed by atoms with Gasteiger partial charge >= 0.3 is 0 Å². The van der Waals surface area contributed by atoms with Crippen molar-refractivity contribution in [2.24, 2.45) is 0 Å². The van der Waals surface area contributed by atoms with Gasteiger partial charge in [0.25, 0.3) is 0 Å². The van der Waals surface area contributed by atoms with Gasteiger partial charge in [0.15, 0.2) is 5.13 Å². The summed E-state index contributed by atoms with van der Waals surface area (Å²) < 4.78 is 0. The van der Waals surface area contributed by atoms with Crippen molar-refractivity contribution in [2.75, 3.05) is 25.0 Å². The fourth-order valence-electron chi connectivity index (χ4n) is 2.16. The normalized spacial score (nSPS) is 11.3. The molecule has 0 radical (unpaired) electrons. The van der Waals surface area contributed by atoms with Crippen LogP contribution in [0, 0.1) is 0 Å². The van der Waals surface area contributed by atoms with E-state index in [0.29, 0.717) is 5.92 Å². The summed E-state index contributed by atoms with van der Waals surface area (Å²) in [7, 11) is 2.17. The van der Waals surface area contributed by atoms with Crippen LogP contribution in [0.15, 0.2) is 0 Å². The van der Waals surface area contributed by atoms with E-state index in [-0.39, 0.29) is 0 Å². The SMILES string of the molecule is CCCCCN(C)c1nc(C(C)C)c(CNCCC)s1. The van der Waals surface area contributed by atoms with Crippen molar-refractivity contribution in [1.29, 1.82) is 0 Å². The maximum atomic E-state index is 4.87. The van der Waals surface area contributed by atoms with Crippen molar-refractivity contribution in [3.63, 3.8) is 0 Å². The van der Waals surface area contributed by atoms with Crippen molar-refractivity contribution in [1.82, 2.24) is 10.3 Å². The van der Waals surface area contributed by atoms with Crippen LogP contribution in [0.3, 0.4) is 0 Å². The topological polar surface area (TPSA) is 28.2 Å². The Morgan fingerprint density at radius 1 is 1.20 bits per heavy atom. The molecular weight excluding hydrogens is 266 g/mol. The smallest absolute Gasteiger partial charge is 0.185 e. The molecule has 0 aromatic carbocycles. The van der Waals surface area contributed by atoms with Gasteiger partial charge in [-0.25, -0.2) is 4.98 Å². The van der Waals surface area contributed by atoms with Gasteiger partial charge in [0, 0.05) is 25.0 Å². The molecule has 1 rings (SSSR count). The Kier molecular flexibility index (Phi) is 8.15. The van der Waals surface area contributed by atoms with Crippen molar-refractivity contribution >= 4 is 16.5 Å². The number of hydrogen-bond donors (Lipinski definition) is 1. The zero-order valence-corrected chi connectivity index (χ0v) is 14.6. The molecule has 0 saturated heterocycles. The molecule has 116 valence electrons. The summed E-state index contributed by atoms with van der Waals surface area (Å²) in [4.78, 5) is 8.59. The highest BCUT2D eigenvalue weighted by atomic mass is 32.1. The lowest BCUT2D eigenvalue weighted by Gasteiger charge is -2.15. The zero-order valence-electron chi connectivity index (χ0n) is 13.8. The third-order valence-corrected chi connectivity index (χ3v) is 4.58. The van der Waals surface area contributed by atoms with E-state index in [2.05, 4.69) is 45.0 Å². The Bertz CT molecular complexity index is 374. The molecule has 0 atom stereocenters. The van der Waals surface area contributed by atoms with Gasteiger partial charge in [-0.15, -0.1) is 11.3 Å². The minimum absolute atomic E-state index is 0.502. The van der Waals surface area contributed by atoms with Crippen LogP contribution in [-0.4, -0.2) is 25.1 Å². The van der Waals surface area contributed by atoms with Crippen LogP contribution in [-0.2, 0) is 6.54 Å². The number of aromatic nitrogens is 1. The molecule has 1 aromatic heterocycles. The Morgan fingerprint density at radius 2 is 1.95 bits per heavy atom. The van der Waals surface area contributed by atoms with Gasteiger partial charge in [0.1, 0.15) is 0 Å². The summed E-state index contributed by atoms with van der Waals surface area (Å²) in [6.45, 7) is 12.1. The van der Waals surface area contributed by atoms with Gasteiger partial charge in [-0.05, 0) is 25.3 Å². The molecule has 3 nitrogen and oxygen atoms in total. The monoisotopic (exact) mass is 297 g/mol. The maximum absolute atomic E-state index is 4.87. The van der Waals surface area contributed by atoms with Crippen molar-refractivity contribution in [3.8, 4) is 0 Å². The van der Waals surface area contributed by atoms with Crippen molar-refractivity contribution in [2.45, 2.75) is 65.8 Å². The van der Waals surface area contributed by atoms with E-state index in [4.69, 9.17) is 4.98 Å². The lowest BCUT2D eigenvalue weighted by molar-refractivity contribution is 0.670. The summed E-state index contributed by atoms with van der Waals surface area (Å²) in [6.07, 6.45) is 5.01. The summed E-state index contributed by atoms with van der Waals surface area (Å²) in [5.74, 6) is 0.502. The van der Waals surface area contributed by atoms with Gasteiger partial charge < -0.3 is 10.2 Å². The van der Waals surface area contributed by atoms with Gasteiger partial charge in [0.2, 0.25) is 0 Å². The van der Waals surface area contributed by atoms with E-state index in [1.54, 1.807) is 0 Å². The van der Waals surface area contributed by atoms with E-state index in [0.717, 1.165) is 19.6 Å². The minimum atomic E-state index is 0.502. The first kappa shape index (κ1) is 17.4. The van der Waals surface area contributed by atoms with Crippen molar-refractivity contribution in [3.05, 3.63) is 10.6 Å². The highest BCUT2D eigenvalue weighted by molar-refractivity contribution is 7.15. The molecule has 1 N–H and O–H groups in total. The van der Waals surface area contributed by atoms with E-state index < -0.39 is 0 Å². The first-order valence-electron chi connectivity index (χ1n) is 8.01. The number of nitrogens with one attached hydrogen (secondary N) is 1. The fourth-order valence-corrected chi connectivity index (χ4v) is 3.34. The molecular formula is C16H31N3S. The predicted molar refractivity (Wildman–Crippen MR) is 91.0 cm³/mol. The van der Waals surface area contributed by atoms with E-state index in [9.17, 15) is 0 Å². The van der Waals surface area contributed by atoms with Crippen LogP contribution in [0.25, 0.3) is 0 Å². The van der Waals surface area contributed by atoms with Crippen LogP contribution < -0.4 is 10.2 Å². The second-order valence-corrected chi connectivity index (χ2v) is 6.83. The Morgan fingerprint density at radius 3 is 2.55 bits per heavy atom. The Hall–Kier alpha value is -0.610. The molecule has 0 spiro atoms. The molecule has 0 amide bonds. The summed E-state index contributed by atoms with van der Waals surface area (Å²) in [6, 6.07) is 0. The third kappa shape index (κ3) is 5.41. The van der Waals surface area contributed by atoms with Gasteiger partial charge in [-0.1, -0.05) is 40.5 Å². The van der Waals surface area contributed by atoms with E-state index in [1.165, 1.54) is 41.4 Å². The van der Waals surface area contributed by atoms with Crippen LogP contribution >= 0.6 is 11.3 Å². The second kappa shape index (κ2) is 9.35. The number of rotatable bonds is 10. The van der Waals surface area contributed by atoms with E-state index >= 15 is 0 Å². The number of hydrogen-bond acceptors (Lipinski definition) is 4. The number of anilines is 1. The van der Waals surface area contributed by atoms with Crippen LogP contribution in [0.4, 0.5) is 5.13 Å². The number of unbranched alkanes of at least 4 members (excludes halogenated alkanes) is 2. The quantitative estimate of drug-likeness (QED) is 0.649. The Balaban J connectivity index is 2.69. The lowest BCUT2D eigenvalue weighted by atomic mass is 10.1. The van der Waals surface area contributed by atoms with E-state index in [1.807, 2.05) is 11.3 Å². The molecule has 0 bridgehead atoms. The molecule has 0 aliphatic heterocycles. The average molecular weight is 298 g/mol. The molecule has 0 aliphatic carbocycles. The summed E-state index contributed by atoms with van der Waals surface area (Å²) in [5, 5.41) is 4.68. The van der Waals surface area contributed by atoms with Gasteiger partial charge in [0.05, 0.1) is 5.69 Å². The predicted octanol–water partition coefficient (Wildman–Crippen LogP) is 4.39. The molecule has 0 fully saturated rings. The molecule has 0 unspecified atom stereocenters. The van der Waals surface area contributed by atoms with Crippen LogP contribution in [0.2, 0.25) is 0 Å². The highest BCUT2D eigenvalue weighted by Gasteiger charge is 2.16.